The van der Waals surface area contributed by atoms with Crippen LogP contribution in [-0.4, -0.2) is 25.3 Å². The first-order chi connectivity index (χ1) is 11.2. The smallest absolute Gasteiger partial charge is 0.260 e. The molecule has 1 unspecified atom stereocenters. The number of anilines is 1. The minimum absolute atomic E-state index is 0.263. The zero-order valence-corrected chi connectivity index (χ0v) is 12.8. The number of amides is 1. The molecule has 0 saturated carbocycles. The van der Waals surface area contributed by atoms with E-state index in [4.69, 9.17) is 0 Å². The van der Waals surface area contributed by atoms with E-state index in [1.165, 1.54) is 4.90 Å². The standard InChI is InChI=1S/C19H19FN2O/c20-18-19(10-12-21-13-11-19)15-8-4-5-9-16(15)22(18)17(23)14-6-2-1-3-7-14/h1-9,18,21H,10-13H2. The summed E-state index contributed by atoms with van der Waals surface area (Å²) >= 11 is 0. The highest BCUT2D eigenvalue weighted by Gasteiger charge is 2.53. The lowest BCUT2D eigenvalue weighted by Crippen LogP contribution is -2.49. The van der Waals surface area contributed by atoms with Crippen LogP contribution < -0.4 is 10.2 Å². The monoisotopic (exact) mass is 310 g/mol. The molecule has 1 amide bonds. The summed E-state index contributed by atoms with van der Waals surface area (Å²) in [7, 11) is 0. The quantitative estimate of drug-likeness (QED) is 0.820. The summed E-state index contributed by atoms with van der Waals surface area (Å²) in [6.07, 6.45) is 0.114. The van der Waals surface area contributed by atoms with E-state index in [9.17, 15) is 4.79 Å². The Kier molecular flexibility index (Phi) is 3.42. The van der Waals surface area contributed by atoms with Crippen LogP contribution in [-0.2, 0) is 5.41 Å². The van der Waals surface area contributed by atoms with Crippen LogP contribution in [0.5, 0.6) is 0 Å². The van der Waals surface area contributed by atoms with Crippen LogP contribution in [0.15, 0.2) is 54.6 Å². The average Bonchev–Trinajstić information content (AvgIpc) is 2.85. The number of carbonyl (C=O) groups is 1. The highest BCUT2D eigenvalue weighted by atomic mass is 19.1. The highest BCUT2D eigenvalue weighted by Crippen LogP contribution is 2.51. The van der Waals surface area contributed by atoms with E-state index in [0.29, 0.717) is 18.4 Å². The number of nitrogens with zero attached hydrogens (tertiary/aromatic N) is 1. The minimum Gasteiger partial charge on any atom is -0.317 e. The molecule has 0 aromatic heterocycles. The summed E-state index contributed by atoms with van der Waals surface area (Å²) in [5.41, 5.74) is 1.64. The Morgan fingerprint density at radius 3 is 2.43 bits per heavy atom. The van der Waals surface area contributed by atoms with Gasteiger partial charge in [0, 0.05) is 5.56 Å². The Hall–Kier alpha value is -2.20. The van der Waals surface area contributed by atoms with Crippen LogP contribution >= 0.6 is 0 Å². The van der Waals surface area contributed by atoms with Gasteiger partial charge in [0.25, 0.3) is 5.91 Å². The first-order valence-corrected chi connectivity index (χ1v) is 8.07. The molecule has 23 heavy (non-hydrogen) atoms. The van der Waals surface area contributed by atoms with Gasteiger partial charge in [0.1, 0.15) is 0 Å². The maximum Gasteiger partial charge on any atom is 0.260 e. The summed E-state index contributed by atoms with van der Waals surface area (Å²) in [5.74, 6) is -0.263. The third kappa shape index (κ3) is 2.09. The SMILES string of the molecule is O=C(c1ccccc1)N1c2ccccc2C2(CCNCC2)C1F. The van der Waals surface area contributed by atoms with Crippen molar-refractivity contribution in [2.75, 3.05) is 18.0 Å². The normalized spacial score (nSPS) is 22.1. The molecular formula is C19H19FN2O. The Morgan fingerprint density at radius 2 is 1.70 bits per heavy atom. The summed E-state index contributed by atoms with van der Waals surface area (Å²) < 4.78 is 15.5. The van der Waals surface area contributed by atoms with Gasteiger partial charge in [-0.2, -0.15) is 0 Å². The van der Waals surface area contributed by atoms with Crippen molar-refractivity contribution >= 4 is 11.6 Å². The lowest BCUT2D eigenvalue weighted by atomic mass is 9.74. The number of para-hydroxylation sites is 1. The molecule has 4 heteroatoms. The van der Waals surface area contributed by atoms with Crippen LogP contribution in [0.4, 0.5) is 10.1 Å². The largest absolute Gasteiger partial charge is 0.317 e. The highest BCUT2D eigenvalue weighted by molar-refractivity contribution is 6.08. The molecule has 2 aliphatic heterocycles. The molecule has 0 bridgehead atoms. The minimum atomic E-state index is -1.31. The molecule has 1 spiro atoms. The van der Waals surface area contributed by atoms with Crippen LogP contribution in [0.3, 0.4) is 0 Å². The van der Waals surface area contributed by atoms with Gasteiger partial charge in [-0.05, 0) is 49.7 Å². The number of carbonyl (C=O) groups excluding carboxylic acids is 1. The third-order valence-electron chi connectivity index (χ3n) is 5.12. The fourth-order valence-corrected chi connectivity index (χ4v) is 3.91. The van der Waals surface area contributed by atoms with E-state index in [0.717, 1.165) is 24.3 Å². The van der Waals surface area contributed by atoms with Crippen molar-refractivity contribution in [1.29, 1.82) is 0 Å². The predicted octanol–water partition coefficient (Wildman–Crippen LogP) is 3.26. The molecule has 2 aliphatic rings. The van der Waals surface area contributed by atoms with Crippen molar-refractivity contribution in [3.05, 3.63) is 65.7 Å². The maximum absolute atomic E-state index is 15.5. The van der Waals surface area contributed by atoms with Gasteiger partial charge in [-0.3, -0.25) is 9.69 Å². The number of halogens is 1. The molecular weight excluding hydrogens is 291 g/mol. The number of nitrogens with one attached hydrogen (secondary N) is 1. The van der Waals surface area contributed by atoms with E-state index in [2.05, 4.69) is 5.32 Å². The second kappa shape index (κ2) is 5.46. The number of hydrogen-bond donors (Lipinski definition) is 1. The van der Waals surface area contributed by atoms with Gasteiger partial charge < -0.3 is 5.32 Å². The molecule has 0 aliphatic carbocycles. The number of alkyl halides is 1. The van der Waals surface area contributed by atoms with Gasteiger partial charge in [0.15, 0.2) is 6.30 Å². The molecule has 0 radical (unpaired) electrons. The van der Waals surface area contributed by atoms with Crippen LogP contribution in [0.2, 0.25) is 0 Å². The molecule has 1 atom stereocenters. The first-order valence-electron chi connectivity index (χ1n) is 8.07. The molecule has 2 heterocycles. The number of rotatable bonds is 1. The van der Waals surface area contributed by atoms with Crippen molar-refractivity contribution in [3.8, 4) is 0 Å². The topological polar surface area (TPSA) is 32.3 Å². The maximum atomic E-state index is 15.5. The predicted molar refractivity (Wildman–Crippen MR) is 88.4 cm³/mol. The molecule has 3 nitrogen and oxygen atoms in total. The third-order valence-corrected chi connectivity index (χ3v) is 5.12. The second-order valence-corrected chi connectivity index (χ2v) is 6.30. The lowest BCUT2D eigenvalue weighted by Gasteiger charge is -2.37. The fraction of sp³-hybridized carbons (Fsp3) is 0.316. The Morgan fingerprint density at radius 1 is 1.04 bits per heavy atom. The van der Waals surface area contributed by atoms with E-state index in [1.54, 1.807) is 12.1 Å². The van der Waals surface area contributed by atoms with E-state index in [1.807, 2.05) is 42.5 Å². The molecule has 4 rings (SSSR count). The second-order valence-electron chi connectivity index (χ2n) is 6.30. The van der Waals surface area contributed by atoms with Crippen molar-refractivity contribution in [1.82, 2.24) is 5.32 Å². The van der Waals surface area contributed by atoms with Crippen molar-refractivity contribution in [2.24, 2.45) is 0 Å². The average molecular weight is 310 g/mol. The number of hydrogen-bond acceptors (Lipinski definition) is 2. The van der Waals surface area contributed by atoms with Crippen LogP contribution in [0.25, 0.3) is 0 Å². The van der Waals surface area contributed by atoms with Gasteiger partial charge in [-0.15, -0.1) is 0 Å². The van der Waals surface area contributed by atoms with Crippen molar-refractivity contribution in [2.45, 2.75) is 24.6 Å². The van der Waals surface area contributed by atoms with Gasteiger partial charge in [0.2, 0.25) is 0 Å². The molecule has 2 aromatic carbocycles. The Balaban J connectivity index is 1.81. The van der Waals surface area contributed by atoms with Gasteiger partial charge in [-0.25, -0.2) is 4.39 Å². The number of piperidine rings is 1. The van der Waals surface area contributed by atoms with Crippen molar-refractivity contribution < 1.29 is 9.18 Å². The number of fused-ring (bicyclic) bond motifs is 2. The van der Waals surface area contributed by atoms with E-state index < -0.39 is 11.7 Å². The Labute approximate surface area is 135 Å². The van der Waals surface area contributed by atoms with Gasteiger partial charge >= 0.3 is 0 Å². The molecule has 1 fully saturated rings. The zero-order chi connectivity index (χ0) is 15.9. The molecule has 118 valence electrons. The molecule has 1 N–H and O–H groups in total. The van der Waals surface area contributed by atoms with E-state index in [-0.39, 0.29) is 5.91 Å². The van der Waals surface area contributed by atoms with Gasteiger partial charge in [-0.1, -0.05) is 36.4 Å². The summed E-state index contributed by atoms with van der Waals surface area (Å²) in [5, 5.41) is 3.29. The fourth-order valence-electron chi connectivity index (χ4n) is 3.91. The van der Waals surface area contributed by atoms with E-state index >= 15 is 4.39 Å². The lowest BCUT2D eigenvalue weighted by molar-refractivity contribution is 0.0894. The Bertz CT molecular complexity index is 725. The molecule has 1 saturated heterocycles. The summed E-state index contributed by atoms with van der Waals surface area (Å²) in [6.45, 7) is 1.56. The number of benzene rings is 2. The summed E-state index contributed by atoms with van der Waals surface area (Å²) in [4.78, 5) is 14.3. The summed E-state index contributed by atoms with van der Waals surface area (Å²) in [6, 6.07) is 16.6. The first kappa shape index (κ1) is 14.4. The molecule has 2 aromatic rings. The van der Waals surface area contributed by atoms with Crippen molar-refractivity contribution in [3.63, 3.8) is 0 Å². The van der Waals surface area contributed by atoms with Crippen LogP contribution in [0.1, 0.15) is 28.8 Å². The van der Waals surface area contributed by atoms with Crippen LogP contribution in [0, 0.1) is 0 Å². The van der Waals surface area contributed by atoms with Gasteiger partial charge in [0.05, 0.1) is 11.1 Å². The zero-order valence-electron chi connectivity index (χ0n) is 12.8.